The molecule has 6 nitrogen and oxygen atoms in total. The predicted molar refractivity (Wildman–Crippen MR) is 89.1 cm³/mol. The van der Waals surface area contributed by atoms with Crippen LogP contribution >= 0.6 is 11.6 Å². The largest absolute Gasteiger partial charge is 0.497 e. The molecule has 0 spiro atoms. The highest BCUT2D eigenvalue weighted by Gasteiger charge is 2.13. The average molecular weight is 350 g/mol. The Morgan fingerprint density at radius 1 is 1.08 bits per heavy atom. The molecule has 24 heavy (non-hydrogen) atoms. The monoisotopic (exact) mass is 349 g/mol. The van der Waals surface area contributed by atoms with Crippen LogP contribution in [0.1, 0.15) is 26.3 Å². The van der Waals surface area contributed by atoms with Crippen LogP contribution in [0.25, 0.3) is 0 Å². The number of halogens is 1. The molecule has 0 fully saturated rings. The molecule has 0 unspecified atom stereocenters. The van der Waals surface area contributed by atoms with E-state index in [2.05, 4.69) is 5.32 Å². The number of ether oxygens (including phenoxy) is 2. The van der Waals surface area contributed by atoms with Crippen molar-refractivity contribution >= 4 is 23.5 Å². The highest BCUT2D eigenvalue weighted by molar-refractivity contribution is 6.33. The third-order valence-corrected chi connectivity index (χ3v) is 3.64. The first-order chi connectivity index (χ1) is 11.4. The second-order valence-corrected chi connectivity index (χ2v) is 5.31. The van der Waals surface area contributed by atoms with Crippen molar-refractivity contribution in [2.24, 2.45) is 0 Å². The van der Waals surface area contributed by atoms with Crippen molar-refractivity contribution < 1.29 is 24.2 Å². The Morgan fingerprint density at radius 3 is 2.21 bits per heavy atom. The van der Waals surface area contributed by atoms with E-state index in [1.165, 1.54) is 18.2 Å². The van der Waals surface area contributed by atoms with Gasteiger partial charge in [-0.1, -0.05) is 11.6 Å². The lowest BCUT2D eigenvalue weighted by atomic mass is 10.1. The summed E-state index contributed by atoms with van der Waals surface area (Å²) in [6.45, 7) is 0.255. The van der Waals surface area contributed by atoms with E-state index in [9.17, 15) is 9.59 Å². The number of amides is 1. The van der Waals surface area contributed by atoms with Crippen molar-refractivity contribution in [3.8, 4) is 11.5 Å². The van der Waals surface area contributed by atoms with Crippen LogP contribution < -0.4 is 14.8 Å². The number of hydrogen-bond donors (Lipinski definition) is 2. The topological polar surface area (TPSA) is 84.9 Å². The molecule has 2 aromatic carbocycles. The second-order valence-electron chi connectivity index (χ2n) is 4.90. The Kier molecular flexibility index (Phi) is 5.65. The van der Waals surface area contributed by atoms with Gasteiger partial charge in [-0.05, 0) is 35.9 Å². The third-order valence-electron chi connectivity index (χ3n) is 3.33. The van der Waals surface area contributed by atoms with E-state index in [1.807, 2.05) is 0 Å². The molecule has 0 aliphatic heterocycles. The highest BCUT2D eigenvalue weighted by Crippen LogP contribution is 2.22. The smallest absolute Gasteiger partial charge is 0.337 e. The summed E-state index contributed by atoms with van der Waals surface area (Å²) < 4.78 is 10.3. The molecule has 0 radical (unpaired) electrons. The standard InChI is InChI=1S/C17H16ClNO5/c1-23-12-5-10(6-13(8-12)24-2)9-19-16(20)11-3-4-14(17(21)22)15(18)7-11/h3-8H,9H2,1-2H3,(H,19,20)(H,21,22). The lowest BCUT2D eigenvalue weighted by Gasteiger charge is -2.10. The van der Waals surface area contributed by atoms with Crippen molar-refractivity contribution in [3.63, 3.8) is 0 Å². The SMILES string of the molecule is COc1cc(CNC(=O)c2ccc(C(=O)O)c(Cl)c2)cc(OC)c1. The number of carboxylic acid groups (broad SMARTS) is 1. The first kappa shape index (κ1) is 17.6. The van der Waals surface area contributed by atoms with Gasteiger partial charge in [-0.2, -0.15) is 0 Å². The Hall–Kier alpha value is -2.73. The maximum absolute atomic E-state index is 12.2. The van der Waals surface area contributed by atoms with Crippen LogP contribution in [0.5, 0.6) is 11.5 Å². The van der Waals surface area contributed by atoms with Crippen LogP contribution in [0.4, 0.5) is 0 Å². The van der Waals surface area contributed by atoms with Gasteiger partial charge in [0.25, 0.3) is 5.91 Å². The van der Waals surface area contributed by atoms with Gasteiger partial charge in [0, 0.05) is 18.2 Å². The number of benzene rings is 2. The molecule has 2 rings (SSSR count). The molecule has 0 heterocycles. The van der Waals surface area contributed by atoms with Gasteiger partial charge in [0.05, 0.1) is 24.8 Å². The number of aromatic carboxylic acids is 1. The Labute approximate surface area is 144 Å². The maximum Gasteiger partial charge on any atom is 0.337 e. The van der Waals surface area contributed by atoms with E-state index in [0.29, 0.717) is 11.5 Å². The van der Waals surface area contributed by atoms with Gasteiger partial charge in [-0.15, -0.1) is 0 Å². The van der Waals surface area contributed by atoms with Crippen LogP contribution in [0.2, 0.25) is 5.02 Å². The minimum atomic E-state index is -1.14. The zero-order valence-corrected chi connectivity index (χ0v) is 13.9. The molecule has 0 aromatic heterocycles. The van der Waals surface area contributed by atoms with Crippen LogP contribution in [0.15, 0.2) is 36.4 Å². The fraction of sp³-hybridized carbons (Fsp3) is 0.176. The van der Waals surface area contributed by atoms with Crippen molar-refractivity contribution in [1.29, 1.82) is 0 Å². The van der Waals surface area contributed by atoms with Gasteiger partial charge in [0.1, 0.15) is 11.5 Å². The van der Waals surface area contributed by atoms with Gasteiger partial charge in [-0.25, -0.2) is 4.79 Å². The summed E-state index contributed by atoms with van der Waals surface area (Å²) >= 11 is 5.87. The first-order valence-corrected chi connectivity index (χ1v) is 7.35. The number of carbonyl (C=O) groups is 2. The van der Waals surface area contributed by atoms with Crippen LogP contribution in [0.3, 0.4) is 0 Å². The number of hydrogen-bond acceptors (Lipinski definition) is 4. The summed E-state index contributed by atoms with van der Waals surface area (Å²) in [5.41, 5.74) is 1.03. The van der Waals surface area contributed by atoms with Crippen molar-refractivity contribution in [2.75, 3.05) is 14.2 Å². The van der Waals surface area contributed by atoms with Gasteiger partial charge < -0.3 is 19.9 Å². The minimum Gasteiger partial charge on any atom is -0.497 e. The maximum atomic E-state index is 12.2. The summed E-state index contributed by atoms with van der Waals surface area (Å²) in [6, 6.07) is 9.33. The van der Waals surface area contributed by atoms with Crippen LogP contribution in [0, 0.1) is 0 Å². The Balaban J connectivity index is 2.11. The molecular weight excluding hydrogens is 334 g/mol. The minimum absolute atomic E-state index is 0.0122. The first-order valence-electron chi connectivity index (χ1n) is 6.97. The van der Waals surface area contributed by atoms with Crippen molar-refractivity contribution in [2.45, 2.75) is 6.54 Å². The number of carboxylic acids is 1. The molecule has 2 aromatic rings. The van der Waals surface area contributed by atoms with Crippen LogP contribution in [-0.4, -0.2) is 31.2 Å². The molecule has 0 saturated carbocycles. The van der Waals surface area contributed by atoms with Gasteiger partial charge in [0.2, 0.25) is 0 Å². The molecule has 2 N–H and O–H groups in total. The lowest BCUT2D eigenvalue weighted by Crippen LogP contribution is -2.23. The Morgan fingerprint density at radius 2 is 1.71 bits per heavy atom. The van der Waals surface area contributed by atoms with E-state index in [-0.39, 0.29) is 28.6 Å². The van der Waals surface area contributed by atoms with E-state index in [0.717, 1.165) is 5.56 Å². The Bertz CT molecular complexity index is 753. The summed E-state index contributed by atoms with van der Waals surface area (Å²) in [7, 11) is 3.09. The van der Waals surface area contributed by atoms with Crippen LogP contribution in [-0.2, 0) is 6.54 Å². The van der Waals surface area contributed by atoms with E-state index < -0.39 is 5.97 Å². The third kappa shape index (κ3) is 4.17. The zero-order chi connectivity index (χ0) is 17.7. The zero-order valence-electron chi connectivity index (χ0n) is 13.1. The lowest BCUT2D eigenvalue weighted by molar-refractivity contribution is 0.0696. The molecule has 0 aliphatic rings. The van der Waals surface area contributed by atoms with Gasteiger partial charge in [0.15, 0.2) is 0 Å². The molecule has 0 aliphatic carbocycles. The van der Waals surface area contributed by atoms with Crippen molar-refractivity contribution in [3.05, 3.63) is 58.1 Å². The fourth-order valence-corrected chi connectivity index (χ4v) is 2.34. The van der Waals surface area contributed by atoms with Gasteiger partial charge in [-0.3, -0.25) is 4.79 Å². The normalized spacial score (nSPS) is 10.1. The molecule has 126 valence electrons. The summed E-state index contributed by atoms with van der Waals surface area (Å²) in [6.07, 6.45) is 0. The summed E-state index contributed by atoms with van der Waals surface area (Å²) in [5, 5.41) is 11.7. The number of nitrogens with one attached hydrogen (secondary N) is 1. The fourth-order valence-electron chi connectivity index (χ4n) is 2.08. The molecule has 7 heteroatoms. The second kappa shape index (κ2) is 7.70. The van der Waals surface area contributed by atoms with E-state index in [1.54, 1.807) is 32.4 Å². The summed E-state index contributed by atoms with van der Waals surface area (Å²) in [5.74, 6) is -0.272. The molecule has 0 bridgehead atoms. The molecule has 0 saturated heterocycles. The average Bonchev–Trinajstić information content (AvgIpc) is 2.58. The highest BCUT2D eigenvalue weighted by atomic mass is 35.5. The molecule has 0 atom stereocenters. The number of rotatable bonds is 6. The van der Waals surface area contributed by atoms with E-state index >= 15 is 0 Å². The number of methoxy groups -OCH3 is 2. The summed E-state index contributed by atoms with van der Waals surface area (Å²) in [4.78, 5) is 23.1. The molecule has 1 amide bonds. The quantitative estimate of drug-likeness (QED) is 0.837. The van der Waals surface area contributed by atoms with E-state index in [4.69, 9.17) is 26.2 Å². The number of carbonyl (C=O) groups excluding carboxylic acids is 1. The van der Waals surface area contributed by atoms with Crippen molar-refractivity contribution in [1.82, 2.24) is 5.32 Å². The molecular formula is C17H16ClNO5. The predicted octanol–water partition coefficient (Wildman–Crippen LogP) is 2.99. The van der Waals surface area contributed by atoms with Gasteiger partial charge >= 0.3 is 5.97 Å².